The first-order chi connectivity index (χ1) is 13.6. The van der Waals surface area contributed by atoms with E-state index >= 15 is 0 Å². The Kier molecular flexibility index (Phi) is 5.29. The maximum Gasteiger partial charge on any atom is 0.294 e. The summed E-state index contributed by atoms with van der Waals surface area (Å²) in [7, 11) is 0. The van der Waals surface area contributed by atoms with Crippen LogP contribution >= 0.6 is 11.8 Å². The minimum Gasteiger partial charge on any atom is -0.465 e. The molecule has 1 atom stereocenters. The first-order valence-corrected chi connectivity index (χ1v) is 9.93. The van der Waals surface area contributed by atoms with Gasteiger partial charge >= 0.3 is 0 Å². The molecule has 8 heteroatoms. The summed E-state index contributed by atoms with van der Waals surface area (Å²) in [6.45, 7) is 0.355. The molecule has 0 unspecified atom stereocenters. The van der Waals surface area contributed by atoms with Gasteiger partial charge in [0, 0.05) is 25.0 Å². The van der Waals surface area contributed by atoms with Crippen LogP contribution in [0.3, 0.4) is 0 Å². The molecular formula is C20H19N3O4S. The Labute approximate surface area is 166 Å². The number of thioether (sulfide) groups is 1. The van der Waals surface area contributed by atoms with Gasteiger partial charge in [-0.15, -0.1) is 0 Å². The molecule has 2 aromatic heterocycles. The maximum atomic E-state index is 13.0. The highest BCUT2D eigenvalue weighted by atomic mass is 32.2. The molecule has 0 bridgehead atoms. The Hall–Kier alpha value is -2.87. The fourth-order valence-corrected chi connectivity index (χ4v) is 4.33. The van der Waals surface area contributed by atoms with Crippen molar-refractivity contribution >= 4 is 34.9 Å². The standard InChI is InChI=1S/C20H19N3O4S/c24-18(22-9-2-1-7-16(22)14-5-3-8-21-12-14)13-23-19(25)17(28-20(23)26)11-15-6-4-10-27-15/h3-6,8,10-12,16H,1-2,7,9,13H2/b17-11-/t16-/m1/s1. The van der Waals surface area contributed by atoms with Gasteiger partial charge in [-0.2, -0.15) is 0 Å². The van der Waals surface area contributed by atoms with Gasteiger partial charge in [-0.05, 0) is 54.8 Å². The lowest BCUT2D eigenvalue weighted by Crippen LogP contribution is -2.45. The fourth-order valence-electron chi connectivity index (χ4n) is 3.51. The molecule has 0 saturated carbocycles. The molecule has 0 spiro atoms. The summed E-state index contributed by atoms with van der Waals surface area (Å²) in [6, 6.07) is 7.13. The molecule has 7 nitrogen and oxygen atoms in total. The highest BCUT2D eigenvalue weighted by molar-refractivity contribution is 8.18. The second-order valence-electron chi connectivity index (χ2n) is 6.67. The Morgan fingerprint density at radius 2 is 2.18 bits per heavy atom. The zero-order valence-corrected chi connectivity index (χ0v) is 15.9. The molecule has 2 aliphatic heterocycles. The smallest absolute Gasteiger partial charge is 0.294 e. The molecule has 0 aromatic carbocycles. The third-order valence-corrected chi connectivity index (χ3v) is 5.78. The van der Waals surface area contributed by atoms with Gasteiger partial charge in [0.05, 0.1) is 17.2 Å². The summed E-state index contributed by atoms with van der Waals surface area (Å²) in [5, 5.41) is -0.439. The molecule has 0 aliphatic carbocycles. The van der Waals surface area contributed by atoms with Crippen molar-refractivity contribution in [2.45, 2.75) is 25.3 Å². The number of hydrogen-bond donors (Lipinski definition) is 0. The number of carbonyl (C=O) groups is 3. The topological polar surface area (TPSA) is 83.7 Å². The molecule has 4 rings (SSSR count). The third-order valence-electron chi connectivity index (χ3n) is 4.88. The molecular weight excluding hydrogens is 378 g/mol. The highest BCUT2D eigenvalue weighted by Gasteiger charge is 2.38. The van der Waals surface area contributed by atoms with Crippen molar-refractivity contribution in [3.05, 3.63) is 59.2 Å². The predicted molar refractivity (Wildman–Crippen MR) is 104 cm³/mol. The van der Waals surface area contributed by atoms with E-state index in [-0.39, 0.29) is 23.4 Å². The van der Waals surface area contributed by atoms with Gasteiger partial charge in [0.15, 0.2) is 0 Å². The van der Waals surface area contributed by atoms with Crippen LogP contribution in [0.2, 0.25) is 0 Å². The normalized spacial score (nSPS) is 21.6. The van der Waals surface area contributed by atoms with Crippen LogP contribution in [-0.2, 0) is 9.59 Å². The van der Waals surface area contributed by atoms with E-state index in [9.17, 15) is 14.4 Å². The van der Waals surface area contributed by atoms with Crippen LogP contribution in [0.15, 0.2) is 52.2 Å². The number of amides is 3. The summed E-state index contributed by atoms with van der Waals surface area (Å²) >= 11 is 0.824. The van der Waals surface area contributed by atoms with Gasteiger partial charge in [-0.1, -0.05) is 6.07 Å². The molecule has 2 saturated heterocycles. The van der Waals surface area contributed by atoms with E-state index in [1.54, 1.807) is 29.4 Å². The second kappa shape index (κ2) is 8.02. The lowest BCUT2D eigenvalue weighted by Gasteiger charge is -2.36. The number of likely N-dealkylation sites (tertiary alicyclic amines) is 1. The number of nitrogens with zero attached hydrogens (tertiary/aromatic N) is 3. The Morgan fingerprint density at radius 3 is 2.93 bits per heavy atom. The SMILES string of the molecule is O=C1S/C(=C\c2ccco2)C(=O)N1CC(=O)N1CCCC[C@@H]1c1cccnc1. The van der Waals surface area contributed by atoms with Gasteiger partial charge in [-0.3, -0.25) is 24.3 Å². The number of furan rings is 1. The molecule has 2 fully saturated rings. The number of rotatable bonds is 4. The van der Waals surface area contributed by atoms with Crippen LogP contribution in [0, 0.1) is 0 Å². The van der Waals surface area contributed by atoms with Gasteiger partial charge in [0.25, 0.3) is 11.1 Å². The van der Waals surface area contributed by atoms with Crippen molar-refractivity contribution in [1.82, 2.24) is 14.8 Å². The summed E-state index contributed by atoms with van der Waals surface area (Å²) < 4.78 is 5.20. The number of piperidine rings is 1. The van der Waals surface area contributed by atoms with Gasteiger partial charge < -0.3 is 9.32 Å². The van der Waals surface area contributed by atoms with Crippen LogP contribution in [-0.4, -0.2) is 44.9 Å². The lowest BCUT2D eigenvalue weighted by molar-refractivity contribution is -0.138. The minimum atomic E-state index is -0.463. The summed E-state index contributed by atoms with van der Waals surface area (Å²) in [4.78, 5) is 45.1. The molecule has 0 radical (unpaired) electrons. The molecule has 2 aromatic rings. The number of imide groups is 1. The van der Waals surface area contributed by atoms with Crippen molar-refractivity contribution in [3.8, 4) is 0 Å². The Bertz CT molecular complexity index is 911. The van der Waals surface area contributed by atoms with E-state index < -0.39 is 11.1 Å². The van der Waals surface area contributed by atoms with Crippen molar-refractivity contribution < 1.29 is 18.8 Å². The lowest BCUT2D eigenvalue weighted by atomic mass is 9.96. The van der Waals surface area contributed by atoms with Crippen molar-refractivity contribution in [3.63, 3.8) is 0 Å². The first kappa shape index (κ1) is 18.5. The molecule has 28 heavy (non-hydrogen) atoms. The predicted octanol–water partition coefficient (Wildman–Crippen LogP) is 3.46. The second-order valence-corrected chi connectivity index (χ2v) is 7.66. The van der Waals surface area contributed by atoms with Crippen LogP contribution in [0.4, 0.5) is 4.79 Å². The number of hydrogen-bond acceptors (Lipinski definition) is 6. The number of carbonyl (C=O) groups excluding carboxylic acids is 3. The number of pyridine rings is 1. The van der Waals surface area contributed by atoms with Crippen molar-refractivity contribution in [2.24, 2.45) is 0 Å². The third kappa shape index (κ3) is 3.73. The largest absolute Gasteiger partial charge is 0.465 e. The van der Waals surface area contributed by atoms with Crippen LogP contribution in [0.25, 0.3) is 6.08 Å². The van der Waals surface area contributed by atoms with Crippen molar-refractivity contribution in [2.75, 3.05) is 13.1 Å². The first-order valence-electron chi connectivity index (χ1n) is 9.12. The van der Waals surface area contributed by atoms with E-state index in [2.05, 4.69) is 4.98 Å². The molecule has 3 amide bonds. The molecule has 144 valence electrons. The van der Waals surface area contributed by atoms with Crippen LogP contribution < -0.4 is 0 Å². The minimum absolute atomic E-state index is 0.0754. The fraction of sp³-hybridized carbons (Fsp3) is 0.300. The van der Waals surface area contributed by atoms with Gasteiger partial charge in [-0.25, -0.2) is 0 Å². The zero-order chi connectivity index (χ0) is 19.5. The molecule has 4 heterocycles. The van der Waals surface area contributed by atoms with E-state index in [1.165, 1.54) is 12.3 Å². The quantitative estimate of drug-likeness (QED) is 0.735. The van der Waals surface area contributed by atoms with E-state index in [1.807, 2.05) is 12.1 Å². The maximum absolute atomic E-state index is 13.0. The van der Waals surface area contributed by atoms with Crippen LogP contribution in [0.5, 0.6) is 0 Å². The van der Waals surface area contributed by atoms with E-state index in [0.29, 0.717) is 12.3 Å². The van der Waals surface area contributed by atoms with E-state index in [4.69, 9.17) is 4.42 Å². The summed E-state index contributed by atoms with van der Waals surface area (Å²) in [5.74, 6) is -0.200. The monoisotopic (exact) mass is 397 g/mol. The van der Waals surface area contributed by atoms with E-state index in [0.717, 1.165) is 41.5 Å². The Morgan fingerprint density at radius 1 is 1.29 bits per heavy atom. The van der Waals surface area contributed by atoms with Crippen LogP contribution in [0.1, 0.15) is 36.6 Å². The average Bonchev–Trinajstić information content (AvgIpc) is 3.33. The summed E-state index contributed by atoms with van der Waals surface area (Å²) in [6.07, 6.45) is 9.26. The zero-order valence-electron chi connectivity index (χ0n) is 15.1. The average molecular weight is 397 g/mol. The molecule has 2 aliphatic rings. The highest BCUT2D eigenvalue weighted by Crippen LogP contribution is 2.34. The van der Waals surface area contributed by atoms with Crippen molar-refractivity contribution in [1.29, 1.82) is 0 Å². The number of aromatic nitrogens is 1. The Balaban J connectivity index is 1.49. The van der Waals surface area contributed by atoms with Gasteiger partial charge in [0.2, 0.25) is 5.91 Å². The summed E-state index contributed by atoms with van der Waals surface area (Å²) in [5.41, 5.74) is 0.974. The molecule has 0 N–H and O–H groups in total. The van der Waals surface area contributed by atoms with Gasteiger partial charge in [0.1, 0.15) is 12.3 Å².